The Morgan fingerprint density at radius 1 is 1.11 bits per heavy atom. The molecule has 0 bridgehead atoms. The molecule has 0 saturated heterocycles. The van der Waals surface area contributed by atoms with Gasteiger partial charge in [-0.3, -0.25) is 4.79 Å². The second-order valence-corrected chi connectivity index (χ2v) is 7.47. The molecular weight excluding hydrogens is 353 g/mol. The summed E-state index contributed by atoms with van der Waals surface area (Å²) in [7, 11) is 0. The highest BCUT2D eigenvalue weighted by atomic mass is 19.1. The molecule has 0 radical (unpaired) electrons. The van der Waals surface area contributed by atoms with Gasteiger partial charge in [-0.05, 0) is 74.9 Å². The molecule has 28 heavy (non-hydrogen) atoms. The molecule has 144 valence electrons. The summed E-state index contributed by atoms with van der Waals surface area (Å²) in [5.74, 6) is -0.385. The molecule has 0 fully saturated rings. The number of nitrogens with one attached hydrogen (secondary N) is 1. The van der Waals surface area contributed by atoms with Gasteiger partial charge in [0, 0.05) is 6.04 Å². The van der Waals surface area contributed by atoms with E-state index in [0.29, 0.717) is 11.3 Å². The summed E-state index contributed by atoms with van der Waals surface area (Å²) < 4.78 is 14.9. The average Bonchev–Trinajstić information content (AvgIpc) is 2.85. The van der Waals surface area contributed by atoms with Crippen molar-refractivity contribution >= 4 is 5.91 Å². The van der Waals surface area contributed by atoms with Gasteiger partial charge < -0.3 is 5.32 Å². The predicted molar refractivity (Wildman–Crippen MR) is 107 cm³/mol. The zero-order valence-electron chi connectivity index (χ0n) is 16.2. The fourth-order valence-electron chi connectivity index (χ4n) is 4.09. The molecule has 1 unspecified atom stereocenters. The van der Waals surface area contributed by atoms with E-state index in [0.717, 1.165) is 37.1 Å². The van der Waals surface area contributed by atoms with Crippen molar-refractivity contribution in [2.75, 3.05) is 0 Å². The average molecular weight is 377 g/mol. The largest absolute Gasteiger partial charge is 0.349 e. The summed E-state index contributed by atoms with van der Waals surface area (Å²) in [6.45, 7) is 3.71. The van der Waals surface area contributed by atoms with Gasteiger partial charge in [0.15, 0.2) is 0 Å². The quantitative estimate of drug-likeness (QED) is 0.692. The predicted octanol–water partition coefficient (Wildman–Crippen LogP) is 4.31. The van der Waals surface area contributed by atoms with E-state index in [1.807, 2.05) is 13.8 Å². The van der Waals surface area contributed by atoms with Crippen molar-refractivity contribution < 1.29 is 9.18 Å². The first-order valence-corrected chi connectivity index (χ1v) is 9.72. The van der Waals surface area contributed by atoms with E-state index < -0.39 is 0 Å². The van der Waals surface area contributed by atoms with Gasteiger partial charge in [0.25, 0.3) is 5.91 Å². The van der Waals surface area contributed by atoms with E-state index >= 15 is 0 Å². The minimum Gasteiger partial charge on any atom is -0.349 e. The van der Waals surface area contributed by atoms with Crippen molar-refractivity contribution in [3.63, 3.8) is 0 Å². The molecule has 1 atom stereocenters. The fourth-order valence-corrected chi connectivity index (χ4v) is 4.09. The Morgan fingerprint density at radius 3 is 2.57 bits per heavy atom. The van der Waals surface area contributed by atoms with Crippen LogP contribution in [0.15, 0.2) is 48.5 Å². The minimum atomic E-state index is -0.295. The molecule has 4 rings (SSSR count). The number of rotatable bonds is 3. The SMILES string of the molecule is Cc1nn(-c2ccc(F)cc2)c(C)c1C(=O)NC1CCCc2ccccc2C1. The normalized spacial score (nSPS) is 16.3. The topological polar surface area (TPSA) is 46.9 Å². The van der Waals surface area contributed by atoms with Crippen molar-refractivity contribution in [3.8, 4) is 5.69 Å². The summed E-state index contributed by atoms with van der Waals surface area (Å²) in [6.07, 6.45) is 3.94. The number of amides is 1. The van der Waals surface area contributed by atoms with Crippen LogP contribution >= 0.6 is 0 Å². The highest BCUT2D eigenvalue weighted by Crippen LogP contribution is 2.22. The van der Waals surface area contributed by atoms with E-state index in [1.54, 1.807) is 16.8 Å². The van der Waals surface area contributed by atoms with Gasteiger partial charge in [0.2, 0.25) is 0 Å². The number of nitrogens with zero attached hydrogens (tertiary/aromatic N) is 2. The number of aromatic nitrogens is 2. The van der Waals surface area contributed by atoms with Crippen molar-refractivity contribution in [1.82, 2.24) is 15.1 Å². The number of hydrogen-bond donors (Lipinski definition) is 1. The second-order valence-electron chi connectivity index (χ2n) is 7.47. The molecule has 1 aliphatic rings. The van der Waals surface area contributed by atoms with Crippen LogP contribution in [0.5, 0.6) is 0 Å². The molecule has 1 aromatic heterocycles. The Morgan fingerprint density at radius 2 is 1.82 bits per heavy atom. The van der Waals surface area contributed by atoms with E-state index in [4.69, 9.17) is 0 Å². The molecule has 1 N–H and O–H groups in total. The van der Waals surface area contributed by atoms with Crippen molar-refractivity contribution in [2.24, 2.45) is 0 Å². The lowest BCUT2D eigenvalue weighted by Gasteiger charge is -2.17. The standard InChI is InChI=1S/C23H24FN3O/c1-15-22(16(2)27(26-15)21-12-10-19(24)11-13-21)23(28)25-20-9-5-8-17-6-3-4-7-18(17)14-20/h3-4,6-7,10-13,20H,5,8-9,14H2,1-2H3,(H,25,28). The van der Waals surface area contributed by atoms with Gasteiger partial charge in [0.1, 0.15) is 5.82 Å². The third-order valence-corrected chi connectivity index (χ3v) is 5.51. The summed E-state index contributed by atoms with van der Waals surface area (Å²) >= 11 is 0. The number of carbonyl (C=O) groups excluding carboxylic acids is 1. The zero-order chi connectivity index (χ0) is 19.7. The first-order valence-electron chi connectivity index (χ1n) is 9.72. The molecule has 1 amide bonds. The lowest BCUT2D eigenvalue weighted by molar-refractivity contribution is 0.0933. The van der Waals surface area contributed by atoms with E-state index in [1.165, 1.54) is 23.3 Å². The lowest BCUT2D eigenvalue weighted by Crippen LogP contribution is -2.36. The Balaban J connectivity index is 1.56. The Bertz CT molecular complexity index is 1010. The number of fused-ring (bicyclic) bond motifs is 1. The Hall–Kier alpha value is -2.95. The van der Waals surface area contributed by atoms with Crippen molar-refractivity contribution in [3.05, 3.63) is 82.4 Å². The highest BCUT2D eigenvalue weighted by molar-refractivity contribution is 5.96. The number of hydrogen-bond acceptors (Lipinski definition) is 2. The molecule has 0 spiro atoms. The third-order valence-electron chi connectivity index (χ3n) is 5.51. The first-order chi connectivity index (χ1) is 13.5. The van der Waals surface area contributed by atoms with Crippen LogP contribution in [0.1, 0.15) is 45.7 Å². The van der Waals surface area contributed by atoms with Crippen LogP contribution in [0.4, 0.5) is 4.39 Å². The maximum atomic E-state index is 13.2. The maximum absolute atomic E-state index is 13.2. The number of halogens is 1. The molecule has 1 aliphatic carbocycles. The van der Waals surface area contributed by atoms with Crippen LogP contribution < -0.4 is 5.32 Å². The number of carbonyl (C=O) groups is 1. The monoisotopic (exact) mass is 377 g/mol. The van der Waals surface area contributed by atoms with E-state index in [2.05, 4.69) is 34.7 Å². The van der Waals surface area contributed by atoms with Gasteiger partial charge >= 0.3 is 0 Å². The Kier molecular flexibility index (Phi) is 4.99. The molecular formula is C23H24FN3O. The van der Waals surface area contributed by atoms with Gasteiger partial charge in [-0.1, -0.05) is 24.3 Å². The van der Waals surface area contributed by atoms with Crippen LogP contribution in [0.2, 0.25) is 0 Å². The summed E-state index contributed by atoms with van der Waals surface area (Å²) in [6, 6.07) is 14.7. The van der Waals surface area contributed by atoms with Crippen LogP contribution in [-0.2, 0) is 12.8 Å². The van der Waals surface area contributed by atoms with Crippen LogP contribution in [0.3, 0.4) is 0 Å². The summed E-state index contributed by atoms with van der Waals surface area (Å²) in [4.78, 5) is 13.1. The maximum Gasteiger partial charge on any atom is 0.255 e. The zero-order valence-corrected chi connectivity index (χ0v) is 16.2. The van der Waals surface area contributed by atoms with E-state index in [9.17, 15) is 9.18 Å². The minimum absolute atomic E-state index is 0.0901. The molecule has 4 nitrogen and oxygen atoms in total. The van der Waals surface area contributed by atoms with Crippen LogP contribution in [0.25, 0.3) is 5.69 Å². The second kappa shape index (κ2) is 7.58. The van der Waals surface area contributed by atoms with Gasteiger partial charge in [-0.25, -0.2) is 9.07 Å². The Labute approximate surface area is 164 Å². The number of benzene rings is 2. The first kappa shape index (κ1) is 18.4. The van der Waals surface area contributed by atoms with Crippen molar-refractivity contribution in [2.45, 2.75) is 45.6 Å². The van der Waals surface area contributed by atoms with Gasteiger partial charge in [-0.2, -0.15) is 5.10 Å². The molecule has 5 heteroatoms. The molecule has 0 saturated carbocycles. The van der Waals surface area contributed by atoms with Crippen LogP contribution in [0, 0.1) is 19.7 Å². The number of aryl methyl sites for hydroxylation is 2. The van der Waals surface area contributed by atoms with E-state index in [-0.39, 0.29) is 17.8 Å². The van der Waals surface area contributed by atoms with Gasteiger partial charge in [-0.15, -0.1) is 0 Å². The van der Waals surface area contributed by atoms with Gasteiger partial charge in [0.05, 0.1) is 22.6 Å². The fraction of sp³-hybridized carbons (Fsp3) is 0.304. The molecule has 0 aliphatic heterocycles. The molecule has 1 heterocycles. The smallest absolute Gasteiger partial charge is 0.255 e. The summed E-state index contributed by atoms with van der Waals surface area (Å²) in [5.41, 5.74) is 5.48. The summed E-state index contributed by atoms with van der Waals surface area (Å²) in [5, 5.41) is 7.73. The van der Waals surface area contributed by atoms with Crippen LogP contribution in [-0.4, -0.2) is 21.7 Å². The highest BCUT2D eigenvalue weighted by Gasteiger charge is 2.23. The molecule has 2 aromatic carbocycles. The molecule has 3 aromatic rings. The third kappa shape index (κ3) is 3.57. The lowest BCUT2D eigenvalue weighted by atomic mass is 10.0. The van der Waals surface area contributed by atoms with Crippen molar-refractivity contribution in [1.29, 1.82) is 0 Å².